The molecule has 4 rings (SSSR count). The van der Waals surface area contributed by atoms with E-state index in [-0.39, 0.29) is 12.1 Å². The lowest BCUT2D eigenvalue weighted by molar-refractivity contribution is 0.408. The molecule has 1 aromatic carbocycles. The third-order valence-electron chi connectivity index (χ3n) is 5.78. The number of benzene rings is 1. The molecular formula is C22H31N7O. The molecule has 0 aliphatic carbocycles. The van der Waals surface area contributed by atoms with Gasteiger partial charge in [0.1, 0.15) is 5.75 Å². The Hall–Kier alpha value is -2.87. The fourth-order valence-corrected chi connectivity index (χ4v) is 3.92. The van der Waals surface area contributed by atoms with Gasteiger partial charge in [-0.25, -0.2) is 0 Å². The minimum absolute atomic E-state index is 0.0198. The van der Waals surface area contributed by atoms with Crippen LogP contribution in [0.25, 0.3) is 5.65 Å². The second-order valence-corrected chi connectivity index (χ2v) is 8.27. The summed E-state index contributed by atoms with van der Waals surface area (Å²) in [4.78, 5) is 12.0. The smallest absolute Gasteiger partial charge is 0.230 e. The van der Waals surface area contributed by atoms with Crippen LogP contribution in [0, 0.1) is 0 Å². The van der Waals surface area contributed by atoms with Crippen LogP contribution in [0.15, 0.2) is 30.5 Å². The standard InChI is InChI=1S/C22H31N7O/c1-14(2)18-13-24-29-20(18)26-21(28-11-9-16(23)10-12-28)27-22(29)25-15(3)17-7-5-6-8-19(17)30-4/h5-8,13-16H,9-12,23H2,1-4H3,(H,25,26,27). The van der Waals surface area contributed by atoms with Gasteiger partial charge in [0, 0.05) is 30.3 Å². The van der Waals surface area contributed by atoms with E-state index in [1.54, 1.807) is 11.6 Å². The Morgan fingerprint density at radius 2 is 1.83 bits per heavy atom. The van der Waals surface area contributed by atoms with Crippen molar-refractivity contribution in [2.75, 3.05) is 30.4 Å². The largest absolute Gasteiger partial charge is 0.496 e. The maximum atomic E-state index is 6.09. The minimum Gasteiger partial charge on any atom is -0.496 e. The van der Waals surface area contributed by atoms with Gasteiger partial charge in [-0.15, -0.1) is 0 Å². The molecule has 0 radical (unpaired) electrons. The van der Waals surface area contributed by atoms with Gasteiger partial charge in [0.05, 0.1) is 19.3 Å². The van der Waals surface area contributed by atoms with Crippen molar-refractivity contribution in [1.29, 1.82) is 0 Å². The third kappa shape index (κ3) is 3.92. The first-order valence-electron chi connectivity index (χ1n) is 10.6. The quantitative estimate of drug-likeness (QED) is 0.645. The van der Waals surface area contributed by atoms with Crippen LogP contribution < -0.4 is 20.7 Å². The van der Waals surface area contributed by atoms with E-state index in [1.165, 1.54) is 0 Å². The number of methoxy groups -OCH3 is 1. The van der Waals surface area contributed by atoms with Gasteiger partial charge in [0.25, 0.3) is 0 Å². The molecule has 0 spiro atoms. The molecule has 1 aliphatic heterocycles. The molecule has 3 N–H and O–H groups in total. The van der Waals surface area contributed by atoms with Gasteiger partial charge in [0.15, 0.2) is 5.65 Å². The number of anilines is 2. The number of nitrogens with zero attached hydrogens (tertiary/aromatic N) is 5. The fourth-order valence-electron chi connectivity index (χ4n) is 3.92. The average molecular weight is 410 g/mol. The first-order valence-corrected chi connectivity index (χ1v) is 10.6. The van der Waals surface area contributed by atoms with E-state index < -0.39 is 0 Å². The second-order valence-electron chi connectivity index (χ2n) is 8.27. The van der Waals surface area contributed by atoms with E-state index in [9.17, 15) is 0 Å². The molecule has 1 aliphatic rings. The molecule has 160 valence electrons. The zero-order valence-electron chi connectivity index (χ0n) is 18.2. The van der Waals surface area contributed by atoms with Crippen molar-refractivity contribution in [1.82, 2.24) is 19.6 Å². The Morgan fingerprint density at radius 3 is 2.53 bits per heavy atom. The Kier molecular flexibility index (Phi) is 5.76. The highest BCUT2D eigenvalue weighted by molar-refractivity contribution is 5.57. The van der Waals surface area contributed by atoms with Crippen molar-refractivity contribution in [3.63, 3.8) is 0 Å². The summed E-state index contributed by atoms with van der Waals surface area (Å²) < 4.78 is 7.35. The van der Waals surface area contributed by atoms with Crippen molar-refractivity contribution in [3.05, 3.63) is 41.6 Å². The predicted molar refractivity (Wildman–Crippen MR) is 119 cm³/mol. The molecular weight excluding hydrogens is 378 g/mol. The van der Waals surface area contributed by atoms with Gasteiger partial charge in [-0.1, -0.05) is 32.0 Å². The predicted octanol–water partition coefficient (Wildman–Crippen LogP) is 3.36. The van der Waals surface area contributed by atoms with E-state index in [1.807, 2.05) is 24.4 Å². The van der Waals surface area contributed by atoms with E-state index >= 15 is 0 Å². The number of nitrogens with two attached hydrogens (primary N) is 1. The number of para-hydroxylation sites is 1. The van der Waals surface area contributed by atoms with Gasteiger partial charge in [-0.2, -0.15) is 19.6 Å². The van der Waals surface area contributed by atoms with Crippen molar-refractivity contribution in [2.24, 2.45) is 5.73 Å². The molecule has 8 heteroatoms. The van der Waals surface area contributed by atoms with Gasteiger partial charge in [-0.3, -0.25) is 0 Å². The minimum atomic E-state index is -0.0198. The summed E-state index contributed by atoms with van der Waals surface area (Å²) in [6.07, 6.45) is 3.79. The number of fused-ring (bicyclic) bond motifs is 1. The van der Waals surface area contributed by atoms with Crippen LogP contribution in [0.2, 0.25) is 0 Å². The van der Waals surface area contributed by atoms with Gasteiger partial charge in [0.2, 0.25) is 11.9 Å². The van der Waals surface area contributed by atoms with Crippen LogP contribution in [-0.4, -0.2) is 45.8 Å². The SMILES string of the molecule is COc1ccccc1C(C)Nc1nc(N2CCC(N)CC2)nc2c(C(C)C)cnn12. The molecule has 3 aromatic rings. The van der Waals surface area contributed by atoms with Crippen LogP contribution >= 0.6 is 0 Å². The second kappa shape index (κ2) is 8.47. The van der Waals surface area contributed by atoms with Crippen molar-refractivity contribution >= 4 is 17.5 Å². The average Bonchev–Trinajstić information content (AvgIpc) is 3.19. The molecule has 0 amide bonds. The number of aromatic nitrogens is 4. The fraction of sp³-hybridized carbons (Fsp3) is 0.500. The van der Waals surface area contributed by atoms with Crippen LogP contribution in [0.5, 0.6) is 5.75 Å². The van der Waals surface area contributed by atoms with E-state index in [0.29, 0.717) is 11.9 Å². The Bertz CT molecular complexity index is 1010. The summed E-state index contributed by atoms with van der Waals surface area (Å²) in [6.45, 7) is 8.14. The first-order chi connectivity index (χ1) is 14.5. The van der Waals surface area contributed by atoms with Crippen molar-refractivity contribution in [3.8, 4) is 5.75 Å². The van der Waals surface area contributed by atoms with Crippen molar-refractivity contribution < 1.29 is 4.74 Å². The number of hydrogen-bond donors (Lipinski definition) is 2. The molecule has 1 saturated heterocycles. The third-order valence-corrected chi connectivity index (χ3v) is 5.78. The summed E-state index contributed by atoms with van der Waals surface area (Å²) >= 11 is 0. The van der Waals surface area contributed by atoms with Gasteiger partial charge in [-0.05, 0) is 31.7 Å². The van der Waals surface area contributed by atoms with Crippen LogP contribution in [0.3, 0.4) is 0 Å². The lowest BCUT2D eigenvalue weighted by Gasteiger charge is -2.30. The van der Waals surface area contributed by atoms with Crippen molar-refractivity contribution in [2.45, 2.75) is 51.6 Å². The van der Waals surface area contributed by atoms with Crippen LogP contribution in [0.1, 0.15) is 56.7 Å². The maximum Gasteiger partial charge on any atom is 0.230 e. The van der Waals surface area contributed by atoms with E-state index in [2.05, 4.69) is 42.2 Å². The summed E-state index contributed by atoms with van der Waals surface area (Å²) in [5.41, 5.74) is 9.12. The van der Waals surface area contributed by atoms with Gasteiger partial charge >= 0.3 is 0 Å². The molecule has 1 atom stereocenters. The number of piperidine rings is 1. The molecule has 2 aromatic heterocycles. The molecule has 3 heterocycles. The topological polar surface area (TPSA) is 93.6 Å². The highest BCUT2D eigenvalue weighted by Crippen LogP contribution is 2.29. The van der Waals surface area contributed by atoms with Gasteiger partial charge < -0.3 is 20.7 Å². The molecule has 1 unspecified atom stereocenters. The monoisotopic (exact) mass is 409 g/mol. The lowest BCUT2D eigenvalue weighted by atomic mass is 10.1. The Balaban J connectivity index is 1.74. The normalized spacial score (nSPS) is 16.3. The van der Waals surface area contributed by atoms with E-state index in [4.69, 9.17) is 20.4 Å². The summed E-state index contributed by atoms with van der Waals surface area (Å²) in [5.74, 6) is 2.57. The van der Waals surface area contributed by atoms with E-state index in [0.717, 1.165) is 54.4 Å². The number of ether oxygens (including phenoxy) is 1. The summed E-state index contributed by atoms with van der Waals surface area (Å²) in [7, 11) is 1.69. The molecule has 1 fully saturated rings. The zero-order valence-corrected chi connectivity index (χ0v) is 18.2. The summed E-state index contributed by atoms with van der Waals surface area (Å²) in [5, 5.41) is 8.12. The molecule has 0 saturated carbocycles. The highest BCUT2D eigenvalue weighted by atomic mass is 16.5. The number of nitrogens with one attached hydrogen (secondary N) is 1. The number of hydrogen-bond acceptors (Lipinski definition) is 7. The lowest BCUT2D eigenvalue weighted by Crippen LogP contribution is -2.40. The van der Waals surface area contributed by atoms with Crippen LogP contribution in [-0.2, 0) is 0 Å². The number of rotatable bonds is 6. The summed E-state index contributed by atoms with van der Waals surface area (Å²) in [6, 6.07) is 8.25. The molecule has 0 bridgehead atoms. The highest BCUT2D eigenvalue weighted by Gasteiger charge is 2.23. The molecule has 8 nitrogen and oxygen atoms in total. The Morgan fingerprint density at radius 1 is 1.10 bits per heavy atom. The Labute approximate surface area is 177 Å². The maximum absolute atomic E-state index is 6.09. The first kappa shape index (κ1) is 20.4. The zero-order chi connectivity index (χ0) is 21.3. The van der Waals surface area contributed by atoms with Crippen LogP contribution in [0.4, 0.5) is 11.9 Å². The molecule has 30 heavy (non-hydrogen) atoms.